The highest BCUT2D eigenvalue weighted by Crippen LogP contribution is 1.96. The highest BCUT2D eigenvalue weighted by molar-refractivity contribution is 4.87. The molecule has 7 heavy (non-hydrogen) atoms. The Balaban J connectivity index is 2.62. The first-order valence-corrected chi connectivity index (χ1v) is 2.13. The second kappa shape index (κ2) is 1.42. The summed E-state index contributed by atoms with van der Waals surface area (Å²) in [7, 11) is 0. The number of nitrogens with zero attached hydrogens (tertiary/aromatic N) is 1. The van der Waals surface area contributed by atoms with Crippen LogP contribution in [0.1, 0.15) is 0 Å². The number of aliphatic hydroxyl groups is 1. The Morgan fingerprint density at radius 3 is 2.71 bits per heavy atom. The fraction of sp³-hybridized carbons (Fsp3) is 0.500. The van der Waals surface area contributed by atoms with E-state index < -0.39 is 6.23 Å². The van der Waals surface area contributed by atoms with Crippen molar-refractivity contribution in [3.63, 3.8) is 0 Å². The minimum atomic E-state index is -0.667. The summed E-state index contributed by atoms with van der Waals surface area (Å²) in [6.45, 7) is 0.543. The van der Waals surface area contributed by atoms with Gasteiger partial charge < -0.3 is 5.11 Å². The minimum Gasteiger partial charge on any atom is -0.332 e. The zero-order chi connectivity index (χ0) is 5.28. The molecule has 1 atom stereocenters. The number of nitrogens with one attached hydrogen (secondary N) is 1. The summed E-state index contributed by atoms with van der Waals surface area (Å²) in [5, 5.41) is 8.65. The average Bonchev–Trinajstić information content (AvgIpc) is 1.91. The Morgan fingerprint density at radius 2 is 2.57 bits per heavy atom. The second-order valence-corrected chi connectivity index (χ2v) is 1.49. The summed E-state index contributed by atoms with van der Waals surface area (Å²) < 4.78 is 1.10. The van der Waals surface area contributed by atoms with Gasteiger partial charge in [-0.05, 0) is 6.08 Å². The predicted molar refractivity (Wildman–Crippen MR) is 23.0 cm³/mol. The monoisotopic (exact) mass is 99.1 g/mol. The lowest BCUT2D eigenvalue weighted by Gasteiger charge is -1.87. The Labute approximate surface area is 41.4 Å². The maximum absolute atomic E-state index is 8.65. The van der Waals surface area contributed by atoms with E-state index in [4.69, 9.17) is 10.6 Å². The van der Waals surface area contributed by atoms with Crippen molar-refractivity contribution in [2.24, 2.45) is 0 Å². The molecule has 1 rings (SSSR count). The Kier molecular flexibility index (Phi) is 0.906. The smallest absolute Gasteiger partial charge is 0.299 e. The minimum absolute atomic E-state index is 0.543. The van der Waals surface area contributed by atoms with E-state index in [2.05, 4.69) is 0 Å². The van der Waals surface area contributed by atoms with E-state index in [1.54, 1.807) is 12.2 Å². The lowest BCUT2D eigenvalue weighted by molar-refractivity contribution is -0.657. The quantitative estimate of drug-likeness (QED) is 0.324. The molecule has 0 spiro atoms. The van der Waals surface area contributed by atoms with Gasteiger partial charge in [-0.2, -0.15) is 0 Å². The molecule has 0 saturated carbocycles. The van der Waals surface area contributed by atoms with Gasteiger partial charge in [0.25, 0.3) is 6.23 Å². The predicted octanol–water partition coefficient (Wildman–Crippen LogP) is -0.0819. The fourth-order valence-corrected chi connectivity index (χ4v) is 0.508. The third-order valence-corrected chi connectivity index (χ3v) is 0.930. The molecule has 0 amide bonds. The standard InChI is InChI=1S/C4H7N2O/c5-6-3-1-2-4(6)7/h1-2,4-5,7H,3H2/q+1. The second-order valence-electron chi connectivity index (χ2n) is 1.49. The summed E-state index contributed by atoms with van der Waals surface area (Å²) in [4.78, 5) is 0. The van der Waals surface area contributed by atoms with E-state index in [-0.39, 0.29) is 0 Å². The van der Waals surface area contributed by atoms with Crippen LogP contribution in [0, 0.1) is 5.53 Å². The molecule has 0 aromatic heterocycles. The number of aliphatic hydroxyl groups excluding tert-OH is 1. The van der Waals surface area contributed by atoms with Crippen LogP contribution in [0.15, 0.2) is 12.2 Å². The molecule has 0 bridgehead atoms. The molecule has 1 heterocycles. The van der Waals surface area contributed by atoms with Crippen LogP contribution in [0.25, 0.3) is 0 Å². The highest BCUT2D eigenvalue weighted by Gasteiger charge is 2.17. The molecule has 0 aliphatic carbocycles. The molecule has 0 aromatic carbocycles. The van der Waals surface area contributed by atoms with Gasteiger partial charge in [-0.1, -0.05) is 10.2 Å². The van der Waals surface area contributed by atoms with E-state index in [0.717, 1.165) is 4.70 Å². The summed E-state index contributed by atoms with van der Waals surface area (Å²) in [6, 6.07) is 0. The molecule has 0 radical (unpaired) electrons. The lowest BCUT2D eigenvalue weighted by atomic mass is 10.6. The normalized spacial score (nSPS) is 29.3. The van der Waals surface area contributed by atoms with Gasteiger partial charge in [0, 0.05) is 6.08 Å². The SMILES string of the molecule is N=[N+]1CC=CC1O. The van der Waals surface area contributed by atoms with Crippen molar-refractivity contribution in [1.82, 2.24) is 0 Å². The van der Waals surface area contributed by atoms with Gasteiger partial charge in [0.1, 0.15) is 0 Å². The van der Waals surface area contributed by atoms with Crippen molar-refractivity contribution in [2.45, 2.75) is 6.23 Å². The van der Waals surface area contributed by atoms with Crippen LogP contribution in [-0.4, -0.2) is 22.6 Å². The van der Waals surface area contributed by atoms with Crippen LogP contribution in [0.4, 0.5) is 0 Å². The van der Waals surface area contributed by atoms with Gasteiger partial charge in [0.05, 0.1) is 0 Å². The summed E-state index contributed by atoms with van der Waals surface area (Å²) in [6.07, 6.45) is 2.69. The third kappa shape index (κ3) is 0.667. The summed E-state index contributed by atoms with van der Waals surface area (Å²) in [5.41, 5.74) is 6.86. The maximum atomic E-state index is 8.65. The van der Waals surface area contributed by atoms with Crippen molar-refractivity contribution in [2.75, 3.05) is 6.54 Å². The first-order valence-electron chi connectivity index (χ1n) is 2.13. The number of rotatable bonds is 0. The molecule has 0 saturated heterocycles. The zero-order valence-corrected chi connectivity index (χ0v) is 3.83. The van der Waals surface area contributed by atoms with Crippen LogP contribution < -0.4 is 0 Å². The van der Waals surface area contributed by atoms with Crippen LogP contribution in [0.3, 0.4) is 0 Å². The molecule has 38 valence electrons. The van der Waals surface area contributed by atoms with Gasteiger partial charge >= 0.3 is 0 Å². The third-order valence-electron chi connectivity index (χ3n) is 0.930. The van der Waals surface area contributed by atoms with Gasteiger partial charge in [-0.3, -0.25) is 0 Å². The van der Waals surface area contributed by atoms with Gasteiger partial charge in [-0.15, -0.1) is 0 Å². The van der Waals surface area contributed by atoms with Crippen LogP contribution in [0.5, 0.6) is 0 Å². The van der Waals surface area contributed by atoms with Gasteiger partial charge in [0.2, 0.25) is 0 Å². The highest BCUT2D eigenvalue weighted by atomic mass is 16.3. The largest absolute Gasteiger partial charge is 0.332 e. The first kappa shape index (κ1) is 4.46. The van der Waals surface area contributed by atoms with E-state index in [1.807, 2.05) is 0 Å². The summed E-state index contributed by atoms with van der Waals surface area (Å²) >= 11 is 0. The number of hydrogen-bond acceptors (Lipinski definition) is 2. The lowest BCUT2D eigenvalue weighted by Crippen LogP contribution is -2.14. The van der Waals surface area contributed by atoms with E-state index >= 15 is 0 Å². The first-order chi connectivity index (χ1) is 3.30. The molecular weight excluding hydrogens is 92.1 g/mol. The fourth-order valence-electron chi connectivity index (χ4n) is 0.508. The molecule has 2 N–H and O–H groups in total. The van der Waals surface area contributed by atoms with E-state index in [1.165, 1.54) is 0 Å². The van der Waals surface area contributed by atoms with Crippen molar-refractivity contribution in [3.05, 3.63) is 12.2 Å². The molecule has 0 fully saturated rings. The Bertz CT molecular complexity index is 119. The topological polar surface area (TPSA) is 47.1 Å². The molecular formula is C4H7N2O+. The van der Waals surface area contributed by atoms with Crippen molar-refractivity contribution in [3.8, 4) is 0 Å². The van der Waals surface area contributed by atoms with Gasteiger partial charge in [-0.25, -0.2) is 0 Å². The molecule has 3 nitrogen and oxygen atoms in total. The molecule has 1 aliphatic heterocycles. The van der Waals surface area contributed by atoms with Crippen LogP contribution in [-0.2, 0) is 0 Å². The average molecular weight is 99.1 g/mol. The molecule has 1 unspecified atom stereocenters. The summed E-state index contributed by atoms with van der Waals surface area (Å²) in [5.74, 6) is 0. The zero-order valence-electron chi connectivity index (χ0n) is 3.83. The van der Waals surface area contributed by atoms with E-state index in [0.29, 0.717) is 6.54 Å². The van der Waals surface area contributed by atoms with E-state index in [9.17, 15) is 0 Å². The Hall–Kier alpha value is -0.700. The van der Waals surface area contributed by atoms with Crippen molar-refractivity contribution < 1.29 is 9.80 Å². The number of hydrogen-bond donors (Lipinski definition) is 2. The van der Waals surface area contributed by atoms with Crippen molar-refractivity contribution >= 4 is 0 Å². The molecule has 1 aliphatic rings. The molecule has 0 aromatic rings. The van der Waals surface area contributed by atoms with Gasteiger partial charge in [0.15, 0.2) is 6.54 Å². The maximum Gasteiger partial charge on any atom is 0.299 e. The van der Waals surface area contributed by atoms with Crippen LogP contribution >= 0.6 is 0 Å². The Morgan fingerprint density at radius 1 is 1.86 bits per heavy atom. The van der Waals surface area contributed by atoms with Crippen LogP contribution in [0.2, 0.25) is 0 Å². The molecule has 3 heteroatoms. The van der Waals surface area contributed by atoms with Crippen molar-refractivity contribution in [1.29, 1.82) is 5.53 Å².